The van der Waals surface area contributed by atoms with Gasteiger partial charge in [-0.3, -0.25) is 9.59 Å². The number of esters is 1. The van der Waals surface area contributed by atoms with Gasteiger partial charge in [0.25, 0.3) is 11.8 Å². The molecule has 3 amide bonds. The van der Waals surface area contributed by atoms with Crippen LogP contribution >= 0.6 is 11.6 Å². The van der Waals surface area contributed by atoms with Crippen LogP contribution in [-0.2, 0) is 10.9 Å². The molecule has 20 heteroatoms. The van der Waals surface area contributed by atoms with E-state index in [4.69, 9.17) is 35.3 Å². The lowest BCUT2D eigenvalue weighted by molar-refractivity contribution is -0.141. The van der Waals surface area contributed by atoms with Gasteiger partial charge in [0.2, 0.25) is 5.75 Å². The molecule has 8 rings (SSSR count). The first-order valence-corrected chi connectivity index (χ1v) is 19.4. The summed E-state index contributed by atoms with van der Waals surface area (Å²) in [6.45, 7) is 1.63. The zero-order chi connectivity index (χ0) is 43.5. The number of aromatic nitrogens is 3. The zero-order valence-corrected chi connectivity index (χ0v) is 34.1. The van der Waals surface area contributed by atoms with Crippen LogP contribution in [0.2, 0.25) is 0 Å². The maximum atomic E-state index is 14.6. The minimum absolute atomic E-state index is 0.0839. The van der Waals surface area contributed by atoms with Gasteiger partial charge in [-0.2, -0.15) is 13.2 Å². The van der Waals surface area contributed by atoms with Crippen molar-refractivity contribution >= 4 is 79.6 Å². The van der Waals surface area contributed by atoms with E-state index in [2.05, 4.69) is 20.3 Å². The molecule has 0 unspecified atom stereocenters. The molecule has 3 aromatic carbocycles. The van der Waals surface area contributed by atoms with Crippen LogP contribution in [0.5, 0.6) is 23.0 Å². The molecule has 0 aliphatic carbocycles. The van der Waals surface area contributed by atoms with Gasteiger partial charge in [-0.15, -0.1) is 11.6 Å². The zero-order valence-electron chi connectivity index (χ0n) is 33.4. The number of aromatic amines is 3. The Morgan fingerprint density at radius 2 is 1.56 bits per heavy atom. The first-order valence-electron chi connectivity index (χ1n) is 18.9. The number of H-pyrrole nitrogens is 3. The summed E-state index contributed by atoms with van der Waals surface area (Å²) >= 11 is 6.44. The van der Waals surface area contributed by atoms with Crippen molar-refractivity contribution in [2.24, 2.45) is 0 Å². The Labute approximate surface area is 349 Å². The summed E-state index contributed by atoms with van der Waals surface area (Å²) in [5.74, 6) is -2.42. The highest BCUT2D eigenvalue weighted by atomic mass is 35.5. The lowest BCUT2D eigenvalue weighted by Crippen LogP contribution is -2.48. The van der Waals surface area contributed by atoms with Gasteiger partial charge in [0.05, 0.1) is 50.7 Å². The Bertz CT molecular complexity index is 2750. The summed E-state index contributed by atoms with van der Waals surface area (Å²) in [5, 5.41) is 3.83. The van der Waals surface area contributed by atoms with Crippen LogP contribution in [0.3, 0.4) is 0 Å². The van der Waals surface area contributed by atoms with Crippen molar-refractivity contribution in [3.63, 3.8) is 0 Å². The van der Waals surface area contributed by atoms with Gasteiger partial charge < -0.3 is 58.7 Å². The number of alkyl halides is 4. The SMILES string of the molecule is COC(=O)c1c(C(F)(F)F)[nH]c2c(OC(=O)N3CCN(C)CC3)cc3c(c12)[C@H](CCl)CN3C(=O)c1cc2cc(NC(=O)c3cc4cc(OC)c(OC)c(OC)c4[nH]3)ccc2[nH]1. The van der Waals surface area contributed by atoms with Crippen molar-refractivity contribution in [2.45, 2.75) is 12.1 Å². The van der Waals surface area contributed by atoms with Crippen molar-refractivity contribution in [1.29, 1.82) is 0 Å². The second-order valence-electron chi connectivity index (χ2n) is 14.6. The molecule has 0 radical (unpaired) electrons. The average molecular weight is 866 g/mol. The average Bonchev–Trinajstić information content (AvgIpc) is 4.05. The summed E-state index contributed by atoms with van der Waals surface area (Å²) in [6.07, 6.45) is -5.86. The minimum Gasteiger partial charge on any atom is -0.493 e. The maximum Gasteiger partial charge on any atom is 0.432 e. The lowest BCUT2D eigenvalue weighted by Gasteiger charge is -2.31. The maximum absolute atomic E-state index is 14.6. The number of anilines is 2. The third-order valence-electron chi connectivity index (χ3n) is 11.0. The van der Waals surface area contributed by atoms with E-state index in [0.29, 0.717) is 70.9 Å². The topological polar surface area (TPSA) is 184 Å². The van der Waals surface area contributed by atoms with Crippen molar-refractivity contribution in [3.8, 4) is 23.0 Å². The number of halogens is 4. The van der Waals surface area contributed by atoms with E-state index in [1.165, 1.54) is 37.2 Å². The molecule has 0 saturated carbocycles. The Morgan fingerprint density at radius 1 is 0.836 bits per heavy atom. The molecular weight excluding hydrogens is 827 g/mol. The molecule has 1 saturated heterocycles. The fourth-order valence-electron chi connectivity index (χ4n) is 8.00. The molecule has 5 heterocycles. The molecule has 6 aromatic rings. The molecule has 2 aliphatic rings. The van der Waals surface area contributed by atoms with Crippen LogP contribution in [0.25, 0.3) is 32.7 Å². The predicted octanol–water partition coefficient (Wildman–Crippen LogP) is 6.94. The summed E-state index contributed by atoms with van der Waals surface area (Å²) in [7, 11) is 7.28. The molecule has 61 heavy (non-hydrogen) atoms. The summed E-state index contributed by atoms with van der Waals surface area (Å²) in [5.41, 5.74) is -0.444. The predicted molar refractivity (Wildman–Crippen MR) is 219 cm³/mol. The highest BCUT2D eigenvalue weighted by Gasteiger charge is 2.44. The molecule has 1 fully saturated rings. The molecular formula is C41H39ClF3N7O9. The number of rotatable bonds is 9. The van der Waals surface area contributed by atoms with E-state index in [-0.39, 0.29) is 51.7 Å². The van der Waals surface area contributed by atoms with E-state index in [0.717, 1.165) is 7.11 Å². The Morgan fingerprint density at radius 3 is 2.21 bits per heavy atom. The minimum atomic E-state index is -5.05. The molecule has 1 atom stereocenters. The molecule has 3 aromatic heterocycles. The number of hydrogen-bond donors (Lipinski definition) is 4. The normalized spacial score (nSPS) is 15.7. The van der Waals surface area contributed by atoms with Crippen molar-refractivity contribution < 1.29 is 56.0 Å². The van der Waals surface area contributed by atoms with Gasteiger partial charge in [-0.05, 0) is 49.0 Å². The second-order valence-corrected chi connectivity index (χ2v) is 14.9. The Hall–Kier alpha value is -6.60. The Balaban J connectivity index is 1.14. The number of nitrogens with zero attached hydrogens (tertiary/aromatic N) is 3. The first kappa shape index (κ1) is 41.1. The number of methoxy groups -OCH3 is 4. The van der Waals surface area contributed by atoms with Crippen LogP contribution in [-0.4, -0.2) is 123 Å². The number of nitrogens with one attached hydrogen (secondary N) is 4. The van der Waals surface area contributed by atoms with Crippen LogP contribution in [0.15, 0.2) is 42.5 Å². The second kappa shape index (κ2) is 15.8. The number of piperazine rings is 1. The molecule has 0 spiro atoms. The van der Waals surface area contributed by atoms with Gasteiger partial charge >= 0.3 is 18.2 Å². The molecule has 16 nitrogen and oxygen atoms in total. The monoisotopic (exact) mass is 865 g/mol. The van der Waals surface area contributed by atoms with Gasteiger partial charge in [0.15, 0.2) is 17.2 Å². The molecule has 320 valence electrons. The number of carbonyl (C=O) groups is 4. The number of ether oxygens (including phenoxy) is 5. The standard InChI is InChI=1S/C41H39ClF3N7O9/c1-50-8-10-51(11-9-50)40(56)61-27-16-26-29(30-31(39(55)60-5)36(41(43,44)45)49-33(27)30)21(17-42)18-52(26)38(54)25-13-19-12-22(6-7-23(19)47-25)46-37(53)24-14-20-15-28(57-2)34(58-3)35(59-4)32(20)48-24/h6-7,12-16,21,47-49H,8-11,17-18H2,1-5H3,(H,46,53)/t21-/m1/s1. The molecule has 0 bridgehead atoms. The lowest BCUT2D eigenvalue weighted by atomic mass is 9.95. The van der Waals surface area contributed by atoms with Crippen molar-refractivity contribution in [3.05, 3.63) is 70.7 Å². The van der Waals surface area contributed by atoms with Crippen LogP contribution in [0.4, 0.5) is 29.3 Å². The molecule has 2 aliphatic heterocycles. The smallest absolute Gasteiger partial charge is 0.432 e. The summed E-state index contributed by atoms with van der Waals surface area (Å²) in [4.78, 5) is 67.7. The number of hydrogen-bond acceptors (Lipinski definition) is 10. The van der Waals surface area contributed by atoms with E-state index in [1.54, 1.807) is 36.4 Å². The highest BCUT2D eigenvalue weighted by molar-refractivity contribution is 6.20. The third kappa shape index (κ3) is 7.16. The number of carbonyl (C=O) groups excluding carboxylic acids is 4. The van der Waals surface area contributed by atoms with Gasteiger partial charge in [-0.1, -0.05) is 0 Å². The fraction of sp³-hybridized carbons (Fsp3) is 0.317. The van der Waals surface area contributed by atoms with Crippen LogP contribution in [0, 0.1) is 0 Å². The quantitative estimate of drug-likeness (QED) is 0.0877. The number of fused-ring (bicyclic) bond motifs is 5. The third-order valence-corrected chi connectivity index (χ3v) is 11.4. The summed E-state index contributed by atoms with van der Waals surface area (Å²) in [6, 6.07) is 11.2. The number of likely N-dealkylation sites (N-methyl/N-ethyl adjacent to an activating group) is 1. The van der Waals surface area contributed by atoms with E-state index in [1.807, 2.05) is 11.9 Å². The highest BCUT2D eigenvalue weighted by Crippen LogP contribution is 2.50. The molecule has 4 N–H and O–H groups in total. The van der Waals surface area contributed by atoms with Crippen molar-refractivity contribution in [1.82, 2.24) is 24.8 Å². The van der Waals surface area contributed by atoms with E-state index < -0.39 is 47.2 Å². The van der Waals surface area contributed by atoms with Gasteiger partial charge in [0, 0.05) is 78.0 Å². The van der Waals surface area contributed by atoms with E-state index in [9.17, 15) is 32.3 Å². The van der Waals surface area contributed by atoms with Gasteiger partial charge in [-0.25, -0.2) is 9.59 Å². The van der Waals surface area contributed by atoms with Gasteiger partial charge in [0.1, 0.15) is 17.1 Å². The van der Waals surface area contributed by atoms with Crippen molar-refractivity contribution in [2.75, 3.05) is 84.3 Å². The first-order chi connectivity index (χ1) is 29.2. The van der Waals surface area contributed by atoms with Crippen LogP contribution < -0.4 is 29.2 Å². The largest absolute Gasteiger partial charge is 0.493 e. The van der Waals surface area contributed by atoms with E-state index >= 15 is 0 Å². The summed E-state index contributed by atoms with van der Waals surface area (Å²) < 4.78 is 70.8. The fourth-order valence-corrected chi connectivity index (χ4v) is 8.26. The number of amides is 3. The number of benzene rings is 3. The Kier molecular flexibility index (Phi) is 10.6. The van der Waals surface area contributed by atoms with Crippen LogP contribution in [0.1, 0.15) is 48.5 Å².